The van der Waals surface area contributed by atoms with Crippen LogP contribution in [0.4, 0.5) is 0 Å². The van der Waals surface area contributed by atoms with Crippen molar-refractivity contribution in [2.45, 2.75) is 57.7 Å². The van der Waals surface area contributed by atoms with Crippen LogP contribution in [0.5, 0.6) is 0 Å². The van der Waals surface area contributed by atoms with Gasteiger partial charge in [-0.15, -0.1) is 0 Å². The van der Waals surface area contributed by atoms with E-state index in [1.807, 2.05) is 0 Å². The average Bonchev–Trinajstić information content (AvgIpc) is 2.44. The molecule has 0 aromatic heterocycles. The maximum Gasteiger partial charge on any atom is 0.0212 e. The molecule has 2 heterocycles. The fourth-order valence-electron chi connectivity index (χ4n) is 2.85. The molecule has 2 aliphatic heterocycles. The Kier molecular flexibility index (Phi) is 2.89. The number of hydrogen-bond donors (Lipinski definition) is 1. The van der Waals surface area contributed by atoms with E-state index in [9.17, 15) is 0 Å². The van der Waals surface area contributed by atoms with Gasteiger partial charge >= 0.3 is 0 Å². The van der Waals surface area contributed by atoms with Crippen molar-refractivity contribution < 1.29 is 0 Å². The zero-order chi connectivity index (χ0) is 9.26. The zero-order valence-corrected chi connectivity index (χ0v) is 8.92. The minimum atomic E-state index is 0.645. The highest BCUT2D eigenvalue weighted by Crippen LogP contribution is 2.26. The molecule has 2 saturated heterocycles. The van der Waals surface area contributed by atoms with Crippen LogP contribution in [0, 0.1) is 0 Å². The van der Waals surface area contributed by atoms with Gasteiger partial charge in [-0.05, 0) is 25.8 Å². The molecule has 0 amide bonds. The van der Waals surface area contributed by atoms with Crippen molar-refractivity contribution in [1.82, 2.24) is 10.2 Å². The predicted molar refractivity (Wildman–Crippen MR) is 55.9 cm³/mol. The summed E-state index contributed by atoms with van der Waals surface area (Å²) in [6.07, 6.45) is 5.70. The summed E-state index contributed by atoms with van der Waals surface area (Å²) >= 11 is 0. The molecular weight excluding hydrogens is 160 g/mol. The lowest BCUT2D eigenvalue weighted by atomic mass is 10.0. The zero-order valence-electron chi connectivity index (χ0n) is 8.92. The largest absolute Gasteiger partial charge is 0.310 e. The van der Waals surface area contributed by atoms with Crippen molar-refractivity contribution in [3.63, 3.8) is 0 Å². The van der Waals surface area contributed by atoms with E-state index in [4.69, 9.17) is 0 Å². The van der Waals surface area contributed by atoms with E-state index in [0.717, 1.165) is 12.1 Å². The molecule has 2 unspecified atom stereocenters. The van der Waals surface area contributed by atoms with E-state index < -0.39 is 0 Å². The lowest BCUT2D eigenvalue weighted by molar-refractivity contribution is 0.197. The average molecular weight is 182 g/mol. The third-order valence-corrected chi connectivity index (χ3v) is 3.33. The van der Waals surface area contributed by atoms with Crippen LogP contribution in [0.2, 0.25) is 0 Å². The summed E-state index contributed by atoms with van der Waals surface area (Å²) < 4.78 is 0. The van der Waals surface area contributed by atoms with E-state index in [-0.39, 0.29) is 0 Å². The number of fused-ring (bicyclic) bond motifs is 1. The van der Waals surface area contributed by atoms with E-state index in [2.05, 4.69) is 24.1 Å². The summed E-state index contributed by atoms with van der Waals surface area (Å²) in [5.74, 6) is 0. The first-order valence-corrected chi connectivity index (χ1v) is 5.76. The van der Waals surface area contributed by atoms with Crippen molar-refractivity contribution in [3.8, 4) is 0 Å². The first-order chi connectivity index (χ1) is 6.25. The fourth-order valence-corrected chi connectivity index (χ4v) is 2.85. The van der Waals surface area contributed by atoms with Crippen molar-refractivity contribution in [1.29, 1.82) is 0 Å². The second-order valence-corrected chi connectivity index (χ2v) is 4.90. The van der Waals surface area contributed by atoms with Crippen molar-refractivity contribution in [2.75, 3.05) is 13.1 Å². The minimum absolute atomic E-state index is 0.645. The van der Waals surface area contributed by atoms with Gasteiger partial charge in [0.1, 0.15) is 0 Å². The standard InChI is InChI=1S/C11H22N2/c1-9(2)12-10-7-11-5-3-4-6-13(11)8-10/h9-12H,3-8H2,1-2H3. The number of hydrogen-bond acceptors (Lipinski definition) is 2. The summed E-state index contributed by atoms with van der Waals surface area (Å²) in [6, 6.07) is 2.32. The van der Waals surface area contributed by atoms with Crippen LogP contribution in [0.3, 0.4) is 0 Å². The molecule has 2 heteroatoms. The van der Waals surface area contributed by atoms with Crippen molar-refractivity contribution in [3.05, 3.63) is 0 Å². The van der Waals surface area contributed by atoms with Crippen LogP contribution < -0.4 is 5.32 Å². The van der Waals surface area contributed by atoms with Gasteiger partial charge in [0, 0.05) is 24.7 Å². The fraction of sp³-hybridized carbons (Fsp3) is 1.00. The molecule has 0 bridgehead atoms. The number of nitrogens with one attached hydrogen (secondary N) is 1. The van der Waals surface area contributed by atoms with Crippen LogP contribution in [-0.4, -0.2) is 36.1 Å². The van der Waals surface area contributed by atoms with Gasteiger partial charge in [-0.25, -0.2) is 0 Å². The van der Waals surface area contributed by atoms with Crippen LogP contribution in [0.25, 0.3) is 0 Å². The highest BCUT2D eigenvalue weighted by Gasteiger charge is 2.33. The Morgan fingerprint density at radius 1 is 1.31 bits per heavy atom. The Labute approximate surface area is 81.7 Å². The summed E-state index contributed by atoms with van der Waals surface area (Å²) in [5, 5.41) is 3.66. The van der Waals surface area contributed by atoms with Crippen molar-refractivity contribution in [2.24, 2.45) is 0 Å². The molecule has 0 saturated carbocycles. The monoisotopic (exact) mass is 182 g/mol. The van der Waals surface area contributed by atoms with Gasteiger partial charge in [0.2, 0.25) is 0 Å². The third-order valence-electron chi connectivity index (χ3n) is 3.33. The first kappa shape index (κ1) is 9.47. The SMILES string of the molecule is CC(C)NC1CC2CCCCN2C1. The maximum absolute atomic E-state index is 3.66. The smallest absolute Gasteiger partial charge is 0.0212 e. The van der Waals surface area contributed by atoms with E-state index in [0.29, 0.717) is 6.04 Å². The molecule has 0 radical (unpaired) electrons. The highest BCUT2D eigenvalue weighted by molar-refractivity contribution is 4.91. The molecule has 2 rings (SSSR count). The van der Waals surface area contributed by atoms with Crippen LogP contribution >= 0.6 is 0 Å². The molecule has 2 fully saturated rings. The summed E-state index contributed by atoms with van der Waals surface area (Å²) in [4.78, 5) is 2.68. The van der Waals surface area contributed by atoms with Gasteiger partial charge in [0.05, 0.1) is 0 Å². The molecule has 2 atom stereocenters. The molecule has 13 heavy (non-hydrogen) atoms. The number of piperidine rings is 1. The lowest BCUT2D eigenvalue weighted by Gasteiger charge is -2.28. The number of nitrogens with zero attached hydrogens (tertiary/aromatic N) is 1. The van der Waals surface area contributed by atoms with Crippen LogP contribution in [0.15, 0.2) is 0 Å². The summed E-state index contributed by atoms with van der Waals surface area (Å²) in [6.45, 7) is 7.14. The quantitative estimate of drug-likeness (QED) is 0.698. The molecule has 0 aliphatic carbocycles. The lowest BCUT2D eigenvalue weighted by Crippen LogP contribution is -2.38. The molecule has 2 nitrogen and oxygen atoms in total. The van der Waals surface area contributed by atoms with Gasteiger partial charge in [-0.2, -0.15) is 0 Å². The van der Waals surface area contributed by atoms with Gasteiger partial charge in [-0.1, -0.05) is 20.3 Å². The normalized spacial score (nSPS) is 35.3. The Morgan fingerprint density at radius 3 is 2.85 bits per heavy atom. The van der Waals surface area contributed by atoms with E-state index in [1.165, 1.54) is 38.8 Å². The van der Waals surface area contributed by atoms with Gasteiger partial charge in [0.15, 0.2) is 0 Å². The predicted octanol–water partition coefficient (Wildman–Crippen LogP) is 1.61. The molecule has 1 N–H and O–H groups in total. The molecule has 0 spiro atoms. The van der Waals surface area contributed by atoms with Crippen LogP contribution in [0.1, 0.15) is 39.5 Å². The van der Waals surface area contributed by atoms with E-state index >= 15 is 0 Å². The Hall–Kier alpha value is -0.0800. The highest BCUT2D eigenvalue weighted by atomic mass is 15.2. The second-order valence-electron chi connectivity index (χ2n) is 4.90. The molecule has 2 aliphatic rings. The topological polar surface area (TPSA) is 15.3 Å². The molecule has 0 aromatic carbocycles. The van der Waals surface area contributed by atoms with E-state index in [1.54, 1.807) is 0 Å². The van der Waals surface area contributed by atoms with Gasteiger partial charge < -0.3 is 5.32 Å². The second kappa shape index (κ2) is 3.97. The summed E-state index contributed by atoms with van der Waals surface area (Å²) in [5.41, 5.74) is 0. The van der Waals surface area contributed by atoms with Crippen molar-refractivity contribution >= 4 is 0 Å². The Bertz CT molecular complexity index is 153. The van der Waals surface area contributed by atoms with Gasteiger partial charge in [0.25, 0.3) is 0 Å². The Morgan fingerprint density at radius 2 is 2.15 bits per heavy atom. The first-order valence-electron chi connectivity index (χ1n) is 5.76. The van der Waals surface area contributed by atoms with Crippen LogP contribution in [-0.2, 0) is 0 Å². The number of rotatable bonds is 2. The Balaban J connectivity index is 1.84. The molecular formula is C11H22N2. The third kappa shape index (κ3) is 2.23. The minimum Gasteiger partial charge on any atom is -0.310 e. The molecule has 0 aromatic rings. The van der Waals surface area contributed by atoms with Gasteiger partial charge in [-0.3, -0.25) is 4.90 Å². The summed E-state index contributed by atoms with van der Waals surface area (Å²) in [7, 11) is 0. The maximum atomic E-state index is 3.66. The molecule has 76 valence electrons.